The molecular formula is C32H46O4. The molecule has 4 nitrogen and oxygen atoms in total. The van der Waals surface area contributed by atoms with Gasteiger partial charge >= 0.3 is 5.97 Å². The summed E-state index contributed by atoms with van der Waals surface area (Å²) >= 11 is 0. The lowest BCUT2D eigenvalue weighted by Crippen LogP contribution is -2.03. The van der Waals surface area contributed by atoms with Crippen molar-refractivity contribution < 1.29 is 19.0 Å². The van der Waals surface area contributed by atoms with Gasteiger partial charge in [0.1, 0.15) is 17.2 Å². The molecule has 0 radical (unpaired) electrons. The molecule has 0 saturated carbocycles. The van der Waals surface area contributed by atoms with Gasteiger partial charge in [0, 0.05) is 6.08 Å². The van der Waals surface area contributed by atoms with Crippen molar-refractivity contribution in [3.63, 3.8) is 0 Å². The van der Waals surface area contributed by atoms with Crippen LogP contribution in [0.4, 0.5) is 0 Å². The first-order chi connectivity index (χ1) is 17.7. The highest BCUT2D eigenvalue weighted by atomic mass is 16.5. The molecule has 0 amide bonds. The van der Waals surface area contributed by atoms with Crippen LogP contribution in [-0.2, 0) is 4.79 Å². The molecule has 2 rings (SSSR count). The van der Waals surface area contributed by atoms with Crippen molar-refractivity contribution in [1.82, 2.24) is 0 Å². The van der Waals surface area contributed by atoms with E-state index in [9.17, 15) is 4.79 Å². The number of benzene rings is 2. The van der Waals surface area contributed by atoms with Crippen LogP contribution in [0.1, 0.15) is 102 Å². The fourth-order valence-corrected chi connectivity index (χ4v) is 4.12. The van der Waals surface area contributed by atoms with Gasteiger partial charge in [0.2, 0.25) is 0 Å². The van der Waals surface area contributed by atoms with Gasteiger partial charge in [-0.15, -0.1) is 0 Å². The normalized spacial score (nSPS) is 11.1. The lowest BCUT2D eigenvalue weighted by atomic mass is 10.0. The van der Waals surface area contributed by atoms with E-state index < -0.39 is 5.97 Å². The number of rotatable bonds is 20. The van der Waals surface area contributed by atoms with E-state index in [0.29, 0.717) is 5.75 Å². The minimum atomic E-state index is -0.418. The summed E-state index contributed by atoms with van der Waals surface area (Å²) in [6.07, 6.45) is 22.2. The Kier molecular flexibility index (Phi) is 15.9. The van der Waals surface area contributed by atoms with Crippen molar-refractivity contribution in [1.29, 1.82) is 0 Å². The molecule has 0 aliphatic heterocycles. The third-order valence-electron chi connectivity index (χ3n) is 6.34. The van der Waals surface area contributed by atoms with Crippen LogP contribution in [0.2, 0.25) is 0 Å². The van der Waals surface area contributed by atoms with Crippen LogP contribution >= 0.6 is 0 Å². The predicted molar refractivity (Wildman–Crippen MR) is 150 cm³/mol. The van der Waals surface area contributed by atoms with E-state index in [4.69, 9.17) is 14.2 Å². The highest BCUT2D eigenvalue weighted by molar-refractivity contribution is 5.88. The van der Waals surface area contributed by atoms with Gasteiger partial charge in [-0.25, -0.2) is 4.79 Å². The minimum absolute atomic E-state index is 0.418. The number of carbonyl (C=O) groups is 1. The Morgan fingerprint density at radius 1 is 0.639 bits per heavy atom. The number of esters is 1. The fraction of sp³-hybridized carbons (Fsp3) is 0.531. The van der Waals surface area contributed by atoms with Gasteiger partial charge in [-0.1, -0.05) is 103 Å². The van der Waals surface area contributed by atoms with E-state index in [0.717, 1.165) is 30.1 Å². The maximum atomic E-state index is 12.0. The van der Waals surface area contributed by atoms with Crippen LogP contribution in [0.5, 0.6) is 17.2 Å². The van der Waals surface area contributed by atoms with Crippen LogP contribution in [0.25, 0.3) is 6.08 Å². The number of hydrogen-bond acceptors (Lipinski definition) is 4. The van der Waals surface area contributed by atoms with Gasteiger partial charge < -0.3 is 14.2 Å². The minimum Gasteiger partial charge on any atom is -0.497 e. The second-order valence-electron chi connectivity index (χ2n) is 9.44. The number of methoxy groups -OCH3 is 1. The van der Waals surface area contributed by atoms with E-state index in [1.807, 2.05) is 24.3 Å². The second-order valence-corrected chi connectivity index (χ2v) is 9.44. The van der Waals surface area contributed by atoms with Crippen LogP contribution in [0.3, 0.4) is 0 Å². The predicted octanol–water partition coefficient (Wildman–Crippen LogP) is 9.17. The van der Waals surface area contributed by atoms with Gasteiger partial charge in [0.15, 0.2) is 0 Å². The van der Waals surface area contributed by atoms with Crippen molar-refractivity contribution in [2.24, 2.45) is 0 Å². The maximum Gasteiger partial charge on any atom is 0.336 e. The van der Waals surface area contributed by atoms with Gasteiger partial charge in [0.05, 0.1) is 13.7 Å². The molecule has 0 N–H and O–H groups in total. The monoisotopic (exact) mass is 494 g/mol. The molecule has 198 valence electrons. The summed E-state index contributed by atoms with van der Waals surface area (Å²) < 4.78 is 16.3. The molecule has 0 aliphatic rings. The van der Waals surface area contributed by atoms with E-state index in [2.05, 4.69) is 6.92 Å². The van der Waals surface area contributed by atoms with Crippen molar-refractivity contribution in [3.8, 4) is 17.2 Å². The molecule has 0 aliphatic carbocycles. The third kappa shape index (κ3) is 14.0. The van der Waals surface area contributed by atoms with E-state index in [1.54, 1.807) is 37.5 Å². The average Bonchev–Trinajstić information content (AvgIpc) is 2.91. The summed E-state index contributed by atoms with van der Waals surface area (Å²) in [5, 5.41) is 0. The summed E-state index contributed by atoms with van der Waals surface area (Å²) in [7, 11) is 1.60. The molecule has 0 fully saturated rings. The summed E-state index contributed by atoms with van der Waals surface area (Å²) in [5.41, 5.74) is 0.922. The first kappa shape index (κ1) is 29.5. The maximum absolute atomic E-state index is 12.0. The zero-order valence-electron chi connectivity index (χ0n) is 22.5. The Labute approximate surface area is 219 Å². The van der Waals surface area contributed by atoms with E-state index >= 15 is 0 Å². The topological polar surface area (TPSA) is 44.8 Å². The molecule has 0 atom stereocenters. The number of ether oxygens (including phenoxy) is 3. The molecule has 0 aromatic heterocycles. The Bertz CT molecular complexity index is 839. The molecular weight excluding hydrogens is 448 g/mol. The van der Waals surface area contributed by atoms with Crippen LogP contribution in [0.15, 0.2) is 54.6 Å². The Morgan fingerprint density at radius 2 is 1.11 bits per heavy atom. The lowest BCUT2D eigenvalue weighted by molar-refractivity contribution is -0.128. The van der Waals surface area contributed by atoms with Gasteiger partial charge in [-0.05, 0) is 54.5 Å². The molecule has 0 saturated heterocycles. The van der Waals surface area contributed by atoms with Gasteiger partial charge in [-0.2, -0.15) is 0 Å². The molecule has 36 heavy (non-hydrogen) atoms. The molecule has 0 unspecified atom stereocenters. The largest absolute Gasteiger partial charge is 0.497 e. The molecule has 0 spiro atoms. The number of hydrogen-bond donors (Lipinski definition) is 0. The number of carbonyl (C=O) groups excluding carboxylic acids is 1. The zero-order chi connectivity index (χ0) is 25.7. The summed E-state index contributed by atoms with van der Waals surface area (Å²) in [6.45, 7) is 3.03. The summed E-state index contributed by atoms with van der Waals surface area (Å²) in [4.78, 5) is 12.0. The van der Waals surface area contributed by atoms with E-state index in [1.165, 1.54) is 89.5 Å². The standard InChI is InChI=1S/C32H46O4/c1-3-4-5-6-7-8-9-10-11-12-13-14-15-16-27-35-30-20-17-28(18-21-30)19-26-32(33)36-31-24-22-29(34-2)23-25-31/h17-26H,3-16,27H2,1-2H3/b26-19+. The van der Waals surface area contributed by atoms with Crippen molar-refractivity contribution in [2.45, 2.75) is 96.8 Å². The average molecular weight is 495 g/mol. The quantitative estimate of drug-likeness (QED) is 0.0796. The third-order valence-corrected chi connectivity index (χ3v) is 6.34. The fourth-order valence-electron chi connectivity index (χ4n) is 4.12. The van der Waals surface area contributed by atoms with Crippen LogP contribution in [-0.4, -0.2) is 19.7 Å². The van der Waals surface area contributed by atoms with Crippen LogP contribution < -0.4 is 14.2 Å². The van der Waals surface area contributed by atoms with Gasteiger partial charge in [-0.3, -0.25) is 0 Å². The highest BCUT2D eigenvalue weighted by Gasteiger charge is 2.01. The van der Waals surface area contributed by atoms with Crippen LogP contribution in [0, 0.1) is 0 Å². The Morgan fingerprint density at radius 3 is 1.64 bits per heavy atom. The van der Waals surface area contributed by atoms with Gasteiger partial charge in [0.25, 0.3) is 0 Å². The highest BCUT2D eigenvalue weighted by Crippen LogP contribution is 2.18. The Hall–Kier alpha value is -2.75. The Balaban J connectivity index is 1.47. The smallest absolute Gasteiger partial charge is 0.336 e. The summed E-state index contributed by atoms with van der Waals surface area (Å²) in [5.74, 6) is 1.65. The zero-order valence-corrected chi connectivity index (χ0v) is 22.5. The first-order valence-corrected chi connectivity index (χ1v) is 14.0. The first-order valence-electron chi connectivity index (χ1n) is 14.0. The second kappa shape index (κ2) is 19.4. The molecule has 4 heteroatoms. The number of unbranched alkanes of at least 4 members (excludes halogenated alkanes) is 13. The lowest BCUT2D eigenvalue weighted by Gasteiger charge is -2.07. The summed E-state index contributed by atoms with van der Waals surface area (Å²) in [6, 6.07) is 14.7. The molecule has 0 bridgehead atoms. The van der Waals surface area contributed by atoms with Crippen molar-refractivity contribution in [3.05, 3.63) is 60.2 Å². The van der Waals surface area contributed by atoms with Crippen molar-refractivity contribution >= 4 is 12.0 Å². The molecule has 2 aromatic carbocycles. The molecule has 2 aromatic rings. The molecule has 0 heterocycles. The SMILES string of the molecule is CCCCCCCCCCCCCCCCOc1ccc(/C=C/C(=O)Oc2ccc(OC)cc2)cc1. The van der Waals surface area contributed by atoms with Crippen molar-refractivity contribution in [2.75, 3.05) is 13.7 Å². The van der Waals surface area contributed by atoms with E-state index in [-0.39, 0.29) is 0 Å².